The Bertz CT molecular complexity index is 479. The molecule has 92 valence electrons. The second-order valence-corrected chi connectivity index (χ2v) is 5.74. The van der Waals surface area contributed by atoms with E-state index < -0.39 is 0 Å². The molecular weight excluding hydrogens is 256 g/mol. The summed E-state index contributed by atoms with van der Waals surface area (Å²) >= 11 is 7.43. The molecule has 2 aromatic rings. The molecule has 1 unspecified atom stereocenters. The van der Waals surface area contributed by atoms with Crippen LogP contribution in [0.4, 0.5) is 0 Å². The summed E-state index contributed by atoms with van der Waals surface area (Å²) in [4.78, 5) is 1.16. The number of nitrogens with zero attached hydrogens (tertiary/aromatic N) is 3. The van der Waals surface area contributed by atoms with Crippen LogP contribution >= 0.6 is 22.9 Å². The molecule has 0 saturated carbocycles. The Kier molecular flexibility index (Phi) is 4.15. The Labute approximate surface area is 109 Å². The Hall–Kier alpha value is -0.910. The molecule has 0 aliphatic heterocycles. The molecule has 0 saturated heterocycles. The lowest BCUT2D eigenvalue weighted by atomic mass is 10.1. The average Bonchev–Trinajstić information content (AvgIpc) is 2.89. The maximum Gasteiger partial charge on any atom is 0.0994 e. The quantitative estimate of drug-likeness (QED) is 0.909. The number of aromatic nitrogens is 3. The van der Waals surface area contributed by atoms with Crippen molar-refractivity contribution in [3.8, 4) is 0 Å². The van der Waals surface area contributed by atoms with E-state index in [-0.39, 0.29) is 6.04 Å². The summed E-state index contributed by atoms with van der Waals surface area (Å²) in [5.74, 6) is 0. The first kappa shape index (κ1) is 12.5. The van der Waals surface area contributed by atoms with Crippen LogP contribution in [0.15, 0.2) is 18.3 Å². The molecule has 0 radical (unpaired) electrons. The van der Waals surface area contributed by atoms with Gasteiger partial charge in [0.15, 0.2) is 0 Å². The molecule has 0 spiro atoms. The summed E-state index contributed by atoms with van der Waals surface area (Å²) in [7, 11) is 0. The van der Waals surface area contributed by atoms with Crippen LogP contribution in [0.3, 0.4) is 0 Å². The summed E-state index contributed by atoms with van der Waals surface area (Å²) in [5, 5.41) is 8.17. The number of rotatable bonds is 5. The Balaban J connectivity index is 2.03. The number of halogens is 1. The largest absolute Gasteiger partial charge is 0.323 e. The van der Waals surface area contributed by atoms with Gasteiger partial charge in [0.25, 0.3) is 0 Å². The summed E-state index contributed by atoms with van der Waals surface area (Å²) in [6.45, 7) is 2.81. The van der Waals surface area contributed by atoms with Gasteiger partial charge < -0.3 is 5.73 Å². The first-order chi connectivity index (χ1) is 8.19. The second kappa shape index (κ2) is 5.62. The Morgan fingerprint density at radius 2 is 2.35 bits per heavy atom. The third kappa shape index (κ3) is 3.28. The second-order valence-electron chi connectivity index (χ2n) is 3.94. The Morgan fingerprint density at radius 3 is 3.00 bits per heavy atom. The summed E-state index contributed by atoms with van der Waals surface area (Å²) < 4.78 is 2.59. The Morgan fingerprint density at radius 1 is 1.53 bits per heavy atom. The molecule has 6 heteroatoms. The lowest BCUT2D eigenvalue weighted by molar-refractivity contribution is 0.617. The van der Waals surface area contributed by atoms with Crippen molar-refractivity contribution in [2.45, 2.75) is 32.4 Å². The maximum absolute atomic E-state index is 5.98. The minimum absolute atomic E-state index is 0.0133. The third-order valence-corrected chi connectivity index (χ3v) is 3.70. The minimum Gasteiger partial charge on any atom is -0.323 e. The normalized spacial score (nSPS) is 12.9. The number of nitrogens with two attached hydrogens (primary N) is 1. The van der Waals surface area contributed by atoms with E-state index in [1.807, 2.05) is 18.3 Å². The summed E-state index contributed by atoms with van der Waals surface area (Å²) in [5.41, 5.74) is 6.84. The van der Waals surface area contributed by atoms with Gasteiger partial charge in [0.05, 0.1) is 28.8 Å². The van der Waals surface area contributed by atoms with Crippen LogP contribution < -0.4 is 5.73 Å². The SMILES string of the molecule is CCCC(N)c1cn(Cc2ccc(Cl)s2)nn1. The van der Waals surface area contributed by atoms with E-state index in [2.05, 4.69) is 17.2 Å². The molecule has 0 bridgehead atoms. The van der Waals surface area contributed by atoms with Gasteiger partial charge in [0.1, 0.15) is 0 Å². The van der Waals surface area contributed by atoms with Crippen molar-refractivity contribution in [3.63, 3.8) is 0 Å². The van der Waals surface area contributed by atoms with Gasteiger partial charge >= 0.3 is 0 Å². The highest BCUT2D eigenvalue weighted by molar-refractivity contribution is 7.16. The number of hydrogen-bond donors (Lipinski definition) is 1. The van der Waals surface area contributed by atoms with E-state index in [9.17, 15) is 0 Å². The number of hydrogen-bond acceptors (Lipinski definition) is 4. The summed E-state index contributed by atoms with van der Waals surface area (Å²) in [6.07, 6.45) is 3.89. The van der Waals surface area contributed by atoms with E-state index in [1.54, 1.807) is 16.0 Å². The molecule has 2 N–H and O–H groups in total. The van der Waals surface area contributed by atoms with E-state index in [0.29, 0.717) is 6.54 Å². The van der Waals surface area contributed by atoms with Gasteiger partial charge in [-0.15, -0.1) is 16.4 Å². The molecule has 4 nitrogen and oxygen atoms in total. The molecule has 2 heterocycles. The fourth-order valence-corrected chi connectivity index (χ4v) is 2.70. The van der Waals surface area contributed by atoms with Crippen molar-refractivity contribution in [2.75, 3.05) is 0 Å². The van der Waals surface area contributed by atoms with Crippen LogP contribution in [0.2, 0.25) is 4.34 Å². The van der Waals surface area contributed by atoms with Gasteiger partial charge in [0.2, 0.25) is 0 Å². The molecule has 0 aliphatic carbocycles. The van der Waals surface area contributed by atoms with Gasteiger partial charge in [-0.1, -0.05) is 30.2 Å². The lowest BCUT2D eigenvalue weighted by Gasteiger charge is -2.04. The third-order valence-electron chi connectivity index (χ3n) is 2.48. The first-order valence-corrected chi connectivity index (χ1v) is 6.78. The van der Waals surface area contributed by atoms with E-state index in [1.165, 1.54) is 0 Å². The maximum atomic E-state index is 5.98. The molecule has 17 heavy (non-hydrogen) atoms. The standard InChI is InChI=1S/C11H15ClN4S/c1-2-3-9(13)10-7-16(15-14-10)6-8-4-5-11(12)17-8/h4-5,7,9H,2-3,6,13H2,1H3. The van der Waals surface area contributed by atoms with Crippen molar-refractivity contribution in [1.29, 1.82) is 0 Å². The van der Waals surface area contributed by atoms with E-state index in [4.69, 9.17) is 17.3 Å². The van der Waals surface area contributed by atoms with E-state index in [0.717, 1.165) is 27.7 Å². The van der Waals surface area contributed by atoms with Gasteiger partial charge in [-0.25, -0.2) is 4.68 Å². The molecule has 0 aliphatic rings. The molecule has 2 aromatic heterocycles. The lowest BCUT2D eigenvalue weighted by Crippen LogP contribution is -2.10. The molecule has 0 fully saturated rings. The van der Waals surface area contributed by atoms with Crippen molar-refractivity contribution < 1.29 is 0 Å². The highest BCUT2D eigenvalue weighted by Gasteiger charge is 2.10. The van der Waals surface area contributed by atoms with Crippen molar-refractivity contribution in [1.82, 2.24) is 15.0 Å². The van der Waals surface area contributed by atoms with Crippen LogP contribution in [-0.2, 0) is 6.54 Å². The van der Waals surface area contributed by atoms with Gasteiger partial charge in [-0.2, -0.15) is 0 Å². The molecule has 1 atom stereocenters. The smallest absolute Gasteiger partial charge is 0.0994 e. The van der Waals surface area contributed by atoms with Crippen molar-refractivity contribution in [3.05, 3.63) is 33.2 Å². The van der Waals surface area contributed by atoms with Crippen molar-refractivity contribution in [2.24, 2.45) is 5.73 Å². The predicted octanol–water partition coefficient (Wildman–Crippen LogP) is 2.84. The van der Waals surface area contributed by atoms with Gasteiger partial charge in [-0.3, -0.25) is 0 Å². The van der Waals surface area contributed by atoms with Crippen LogP contribution in [0.1, 0.15) is 36.4 Å². The molecule has 0 amide bonds. The first-order valence-electron chi connectivity index (χ1n) is 5.59. The summed E-state index contributed by atoms with van der Waals surface area (Å²) in [6, 6.07) is 3.88. The van der Waals surface area contributed by atoms with Crippen LogP contribution in [-0.4, -0.2) is 15.0 Å². The fourth-order valence-electron chi connectivity index (χ4n) is 1.62. The molecule has 2 rings (SSSR count). The highest BCUT2D eigenvalue weighted by Crippen LogP contribution is 2.22. The molecule has 0 aromatic carbocycles. The predicted molar refractivity (Wildman–Crippen MR) is 70.3 cm³/mol. The monoisotopic (exact) mass is 270 g/mol. The highest BCUT2D eigenvalue weighted by atomic mass is 35.5. The van der Waals surface area contributed by atoms with Crippen LogP contribution in [0.5, 0.6) is 0 Å². The van der Waals surface area contributed by atoms with Gasteiger partial charge in [0, 0.05) is 4.88 Å². The van der Waals surface area contributed by atoms with Gasteiger partial charge in [-0.05, 0) is 18.6 Å². The van der Waals surface area contributed by atoms with Crippen LogP contribution in [0.25, 0.3) is 0 Å². The fraction of sp³-hybridized carbons (Fsp3) is 0.455. The van der Waals surface area contributed by atoms with Crippen molar-refractivity contribution >= 4 is 22.9 Å². The van der Waals surface area contributed by atoms with Crippen LogP contribution in [0, 0.1) is 0 Å². The number of thiophene rings is 1. The average molecular weight is 271 g/mol. The zero-order valence-electron chi connectivity index (χ0n) is 9.64. The topological polar surface area (TPSA) is 56.7 Å². The zero-order valence-corrected chi connectivity index (χ0v) is 11.2. The molecular formula is C11H15ClN4S. The zero-order chi connectivity index (χ0) is 12.3. The minimum atomic E-state index is -0.0133. The van der Waals surface area contributed by atoms with E-state index >= 15 is 0 Å².